The Morgan fingerprint density at radius 3 is 2.31 bits per heavy atom. The highest BCUT2D eigenvalue weighted by Gasteiger charge is 2.24. The normalized spacial score (nSPS) is 10.7. The molecule has 4 nitrogen and oxygen atoms in total. The molecule has 32 heavy (non-hydrogen) atoms. The summed E-state index contributed by atoms with van der Waals surface area (Å²) in [6.45, 7) is 2.11. The number of rotatable bonds is 7. The van der Waals surface area contributed by atoms with Gasteiger partial charge in [0.1, 0.15) is 5.75 Å². The Kier molecular flexibility index (Phi) is 7.02. The highest BCUT2D eigenvalue weighted by molar-refractivity contribution is 9.10. The molecule has 0 atom stereocenters. The molecular formula is C26H23BrN2O2S. The third kappa shape index (κ3) is 4.92. The molecule has 6 heteroatoms. The maximum atomic E-state index is 13.5. The molecule has 0 aliphatic carbocycles. The van der Waals surface area contributed by atoms with E-state index in [0.717, 1.165) is 44.0 Å². The average molecular weight is 507 g/mol. The van der Waals surface area contributed by atoms with Crippen LogP contribution in [-0.4, -0.2) is 18.0 Å². The van der Waals surface area contributed by atoms with Gasteiger partial charge in [-0.05, 0) is 60.5 Å². The van der Waals surface area contributed by atoms with Gasteiger partial charge in [-0.3, -0.25) is 9.69 Å². The van der Waals surface area contributed by atoms with Gasteiger partial charge in [-0.15, -0.1) is 11.3 Å². The number of methoxy groups -OCH3 is 1. The molecule has 0 spiro atoms. The van der Waals surface area contributed by atoms with Crippen LogP contribution in [0.2, 0.25) is 0 Å². The van der Waals surface area contributed by atoms with E-state index in [-0.39, 0.29) is 5.91 Å². The first-order valence-electron chi connectivity index (χ1n) is 10.4. The number of benzene rings is 3. The summed E-state index contributed by atoms with van der Waals surface area (Å²) in [5, 5.41) is 0.677. The Labute approximate surface area is 200 Å². The van der Waals surface area contributed by atoms with Gasteiger partial charge in [0, 0.05) is 14.9 Å². The first kappa shape index (κ1) is 22.2. The fourth-order valence-electron chi connectivity index (χ4n) is 3.45. The molecule has 1 amide bonds. The smallest absolute Gasteiger partial charge is 0.237 e. The standard InChI is InChI=1S/C26H23BrN2O2S/c1-3-23-25(19-9-15-22(31-2)16-10-19)28-26(32-23)29(21-13-11-20(27)12-14-21)24(30)17-18-7-5-4-6-8-18/h4-16H,3,17H2,1-2H3. The molecule has 0 fully saturated rings. The minimum absolute atomic E-state index is 0.0174. The van der Waals surface area contributed by atoms with Gasteiger partial charge in [0.15, 0.2) is 5.13 Å². The average Bonchev–Trinajstić information content (AvgIpc) is 3.25. The molecular weight excluding hydrogens is 484 g/mol. The van der Waals surface area contributed by atoms with Gasteiger partial charge in [0.2, 0.25) is 5.91 Å². The topological polar surface area (TPSA) is 42.4 Å². The van der Waals surface area contributed by atoms with Crippen LogP contribution in [0.3, 0.4) is 0 Å². The van der Waals surface area contributed by atoms with Gasteiger partial charge in [-0.2, -0.15) is 0 Å². The van der Waals surface area contributed by atoms with Gasteiger partial charge in [0.05, 0.1) is 24.9 Å². The van der Waals surface area contributed by atoms with Crippen molar-refractivity contribution in [2.24, 2.45) is 0 Å². The second-order valence-corrected chi connectivity index (χ2v) is 9.20. The number of carbonyl (C=O) groups excluding carboxylic acids is 1. The number of thiazole rings is 1. The Bertz CT molecular complexity index is 1190. The van der Waals surface area contributed by atoms with Crippen molar-refractivity contribution in [1.29, 1.82) is 0 Å². The molecule has 0 bridgehead atoms. The SMILES string of the molecule is CCc1sc(N(C(=O)Cc2ccccc2)c2ccc(Br)cc2)nc1-c1ccc(OC)cc1. The van der Waals surface area contributed by atoms with E-state index >= 15 is 0 Å². The Morgan fingerprint density at radius 2 is 1.69 bits per heavy atom. The van der Waals surface area contributed by atoms with Crippen LogP contribution < -0.4 is 9.64 Å². The zero-order valence-electron chi connectivity index (χ0n) is 17.9. The van der Waals surface area contributed by atoms with Crippen LogP contribution in [0.5, 0.6) is 5.75 Å². The summed E-state index contributed by atoms with van der Waals surface area (Å²) in [5.74, 6) is 0.785. The molecule has 1 aromatic heterocycles. The molecule has 0 radical (unpaired) electrons. The molecule has 1 heterocycles. The van der Waals surface area contributed by atoms with Crippen molar-refractivity contribution in [3.8, 4) is 17.0 Å². The Balaban J connectivity index is 1.75. The minimum Gasteiger partial charge on any atom is -0.497 e. The number of carbonyl (C=O) groups is 1. The van der Waals surface area contributed by atoms with E-state index in [9.17, 15) is 4.79 Å². The van der Waals surface area contributed by atoms with Gasteiger partial charge in [0.25, 0.3) is 0 Å². The van der Waals surface area contributed by atoms with Crippen LogP contribution in [0.1, 0.15) is 17.4 Å². The maximum Gasteiger partial charge on any atom is 0.237 e. The number of nitrogens with zero attached hydrogens (tertiary/aromatic N) is 2. The van der Waals surface area contributed by atoms with Crippen LogP contribution in [0.15, 0.2) is 83.3 Å². The lowest BCUT2D eigenvalue weighted by molar-refractivity contribution is -0.117. The van der Waals surface area contributed by atoms with E-state index in [1.54, 1.807) is 23.3 Å². The van der Waals surface area contributed by atoms with Crippen LogP contribution in [0.25, 0.3) is 11.3 Å². The van der Waals surface area contributed by atoms with E-state index in [1.165, 1.54) is 0 Å². The first-order valence-corrected chi connectivity index (χ1v) is 12.0. The van der Waals surface area contributed by atoms with Crippen molar-refractivity contribution in [2.45, 2.75) is 19.8 Å². The van der Waals surface area contributed by atoms with Crippen LogP contribution in [0.4, 0.5) is 10.8 Å². The zero-order chi connectivity index (χ0) is 22.5. The molecule has 0 unspecified atom stereocenters. The number of ether oxygens (including phenoxy) is 1. The second-order valence-electron chi connectivity index (χ2n) is 7.22. The van der Waals surface area contributed by atoms with E-state index in [1.807, 2.05) is 78.9 Å². The zero-order valence-corrected chi connectivity index (χ0v) is 20.3. The highest BCUT2D eigenvalue weighted by atomic mass is 79.9. The Hall–Kier alpha value is -2.96. The van der Waals surface area contributed by atoms with Crippen molar-refractivity contribution in [1.82, 2.24) is 4.98 Å². The number of amides is 1. The largest absolute Gasteiger partial charge is 0.497 e. The van der Waals surface area contributed by atoms with Crippen LogP contribution >= 0.6 is 27.3 Å². The molecule has 3 aromatic carbocycles. The number of aryl methyl sites for hydroxylation is 1. The summed E-state index contributed by atoms with van der Waals surface area (Å²) in [7, 11) is 1.65. The number of aromatic nitrogens is 1. The molecule has 4 rings (SSSR count). The van der Waals surface area contributed by atoms with Crippen molar-refractivity contribution in [2.75, 3.05) is 12.0 Å². The van der Waals surface area contributed by atoms with E-state index in [2.05, 4.69) is 22.9 Å². The van der Waals surface area contributed by atoms with Crippen molar-refractivity contribution < 1.29 is 9.53 Å². The van der Waals surface area contributed by atoms with E-state index in [4.69, 9.17) is 9.72 Å². The Morgan fingerprint density at radius 1 is 1.00 bits per heavy atom. The predicted molar refractivity (Wildman–Crippen MR) is 135 cm³/mol. The quantitative estimate of drug-likeness (QED) is 0.269. The van der Waals surface area contributed by atoms with Gasteiger partial charge in [-0.1, -0.05) is 53.2 Å². The lowest BCUT2D eigenvalue weighted by Crippen LogP contribution is -2.27. The molecule has 4 aromatic rings. The van der Waals surface area contributed by atoms with Crippen molar-refractivity contribution in [3.05, 3.63) is 93.8 Å². The van der Waals surface area contributed by atoms with E-state index in [0.29, 0.717) is 11.6 Å². The summed E-state index contributed by atoms with van der Waals surface area (Å²) >= 11 is 5.05. The summed E-state index contributed by atoms with van der Waals surface area (Å²) in [4.78, 5) is 21.3. The second kappa shape index (κ2) is 10.1. The molecule has 162 valence electrons. The lowest BCUT2D eigenvalue weighted by atomic mass is 10.1. The molecule has 0 N–H and O–H groups in total. The summed E-state index contributed by atoms with van der Waals surface area (Å²) in [6, 6.07) is 25.4. The molecule has 0 saturated heterocycles. The van der Waals surface area contributed by atoms with E-state index < -0.39 is 0 Å². The fraction of sp³-hybridized carbons (Fsp3) is 0.154. The molecule has 0 aliphatic rings. The number of hydrogen-bond acceptors (Lipinski definition) is 4. The predicted octanol–water partition coefficient (Wildman–Crippen LogP) is 7.05. The maximum absolute atomic E-state index is 13.5. The number of hydrogen-bond donors (Lipinski definition) is 0. The fourth-order valence-corrected chi connectivity index (χ4v) is 4.77. The third-order valence-electron chi connectivity index (χ3n) is 5.09. The van der Waals surface area contributed by atoms with Crippen LogP contribution in [-0.2, 0) is 17.6 Å². The van der Waals surface area contributed by atoms with Gasteiger partial charge >= 0.3 is 0 Å². The monoisotopic (exact) mass is 506 g/mol. The van der Waals surface area contributed by atoms with Crippen molar-refractivity contribution >= 4 is 44.0 Å². The third-order valence-corrected chi connectivity index (χ3v) is 6.81. The first-order chi connectivity index (χ1) is 15.6. The van der Waals surface area contributed by atoms with Crippen LogP contribution in [0, 0.1) is 0 Å². The lowest BCUT2D eigenvalue weighted by Gasteiger charge is -2.20. The molecule has 0 saturated carbocycles. The highest BCUT2D eigenvalue weighted by Crippen LogP contribution is 2.37. The number of halogens is 1. The number of anilines is 2. The minimum atomic E-state index is -0.0174. The summed E-state index contributed by atoms with van der Waals surface area (Å²) < 4.78 is 6.25. The van der Waals surface area contributed by atoms with Gasteiger partial charge in [-0.25, -0.2) is 4.98 Å². The summed E-state index contributed by atoms with van der Waals surface area (Å²) in [6.07, 6.45) is 1.13. The van der Waals surface area contributed by atoms with Crippen molar-refractivity contribution in [3.63, 3.8) is 0 Å². The summed E-state index contributed by atoms with van der Waals surface area (Å²) in [5.41, 5.74) is 3.69. The van der Waals surface area contributed by atoms with Gasteiger partial charge < -0.3 is 4.74 Å². The molecule has 0 aliphatic heterocycles.